The molecule has 0 atom stereocenters. The Labute approximate surface area is 175 Å². The molecule has 1 aromatic carbocycles. The van der Waals surface area contributed by atoms with Crippen LogP contribution in [0.1, 0.15) is 58.4 Å². The summed E-state index contributed by atoms with van der Waals surface area (Å²) in [6, 6.07) is 10.7. The van der Waals surface area contributed by atoms with Crippen LogP contribution in [0.15, 0.2) is 42.7 Å². The Kier molecular flexibility index (Phi) is 7.82. The zero-order valence-electron chi connectivity index (χ0n) is 18.2. The third kappa shape index (κ3) is 6.14. The van der Waals surface area contributed by atoms with Gasteiger partial charge in [-0.1, -0.05) is 39.2 Å². The number of hydrogen-bond donors (Lipinski definition) is 0. The molecule has 1 aliphatic heterocycles. The normalized spacial score (nSPS) is 16.8. The van der Waals surface area contributed by atoms with Crippen LogP contribution in [0, 0.1) is 5.92 Å². The van der Waals surface area contributed by atoms with Gasteiger partial charge in [0.2, 0.25) is 5.91 Å². The first-order valence-corrected chi connectivity index (χ1v) is 11.1. The third-order valence-electron chi connectivity index (χ3n) is 5.64. The average Bonchev–Trinajstić information content (AvgIpc) is 2.69. The average molecular weight is 394 g/mol. The highest BCUT2D eigenvalue weighted by Gasteiger charge is 2.19. The second-order valence-corrected chi connectivity index (χ2v) is 8.65. The molecule has 0 radical (unpaired) electrons. The zero-order valence-corrected chi connectivity index (χ0v) is 18.2. The largest absolute Gasteiger partial charge is 0.312 e. The summed E-state index contributed by atoms with van der Waals surface area (Å²) in [6.45, 7) is 10.2. The number of rotatable bonds is 3. The first-order chi connectivity index (χ1) is 14.0. The van der Waals surface area contributed by atoms with Gasteiger partial charge >= 0.3 is 0 Å². The van der Waals surface area contributed by atoms with Crippen molar-refractivity contribution in [3.63, 3.8) is 0 Å². The van der Waals surface area contributed by atoms with Crippen molar-refractivity contribution in [2.24, 2.45) is 5.92 Å². The molecule has 0 unspecified atom stereocenters. The van der Waals surface area contributed by atoms with Crippen LogP contribution in [0.4, 0.5) is 5.69 Å². The van der Waals surface area contributed by atoms with Gasteiger partial charge in [0.1, 0.15) is 0 Å². The second kappa shape index (κ2) is 10.5. The maximum Gasteiger partial charge on any atom is 0.223 e. The number of carbonyl (C=O) groups excluding carboxylic acids is 1. The predicted molar refractivity (Wildman–Crippen MR) is 121 cm³/mol. The molecule has 2 aromatic rings. The van der Waals surface area contributed by atoms with Crippen LogP contribution in [0.25, 0.3) is 11.1 Å². The molecule has 0 aliphatic carbocycles. The van der Waals surface area contributed by atoms with E-state index in [1.54, 1.807) is 6.92 Å². The molecule has 156 valence electrons. The Hall–Kier alpha value is -2.20. The van der Waals surface area contributed by atoms with E-state index in [0.717, 1.165) is 38.3 Å². The van der Waals surface area contributed by atoms with Crippen LogP contribution in [-0.4, -0.2) is 35.4 Å². The number of anilines is 1. The molecule has 0 spiro atoms. The van der Waals surface area contributed by atoms with Crippen molar-refractivity contribution in [2.45, 2.75) is 59.4 Å². The smallest absolute Gasteiger partial charge is 0.223 e. The summed E-state index contributed by atoms with van der Waals surface area (Å²) in [7, 11) is 0. The number of hydrogen-bond acceptors (Lipinski definition) is 3. The minimum Gasteiger partial charge on any atom is -0.312 e. The molecule has 0 bridgehead atoms. The summed E-state index contributed by atoms with van der Waals surface area (Å²) in [5.41, 5.74) is 4.67. The number of pyridine rings is 1. The summed E-state index contributed by atoms with van der Waals surface area (Å²) >= 11 is 0. The lowest BCUT2D eigenvalue weighted by atomic mass is 10.0. The maximum atomic E-state index is 12.5. The van der Waals surface area contributed by atoms with Gasteiger partial charge in [-0.2, -0.15) is 0 Å². The van der Waals surface area contributed by atoms with Crippen LogP contribution in [0.5, 0.6) is 0 Å². The molecule has 3 rings (SSSR count). The Bertz CT molecular complexity index is 788. The van der Waals surface area contributed by atoms with E-state index in [0.29, 0.717) is 5.92 Å². The summed E-state index contributed by atoms with van der Waals surface area (Å²) in [4.78, 5) is 21.2. The molecule has 1 aromatic heterocycles. The van der Waals surface area contributed by atoms with Gasteiger partial charge in [0, 0.05) is 44.6 Å². The van der Waals surface area contributed by atoms with Crippen LogP contribution < -0.4 is 4.90 Å². The van der Waals surface area contributed by atoms with Crippen molar-refractivity contribution in [1.82, 2.24) is 9.88 Å². The molecule has 29 heavy (non-hydrogen) atoms. The van der Waals surface area contributed by atoms with E-state index in [-0.39, 0.29) is 5.91 Å². The quantitative estimate of drug-likeness (QED) is 0.688. The molecule has 4 nitrogen and oxygen atoms in total. The van der Waals surface area contributed by atoms with Crippen LogP contribution in [0.3, 0.4) is 0 Å². The fourth-order valence-electron chi connectivity index (χ4n) is 4.27. The van der Waals surface area contributed by atoms with E-state index >= 15 is 0 Å². The fraction of sp³-hybridized carbons (Fsp3) is 0.520. The van der Waals surface area contributed by atoms with E-state index < -0.39 is 0 Å². The van der Waals surface area contributed by atoms with E-state index in [1.165, 1.54) is 42.4 Å². The maximum absolute atomic E-state index is 12.5. The lowest BCUT2D eigenvalue weighted by molar-refractivity contribution is -0.116. The lowest BCUT2D eigenvalue weighted by Crippen LogP contribution is -2.33. The number of aromatic nitrogens is 1. The molecule has 1 aliphatic rings. The summed E-state index contributed by atoms with van der Waals surface area (Å²) in [5.74, 6) is 0.758. The number of fused-ring (bicyclic) bond motifs is 1. The predicted octanol–water partition coefficient (Wildman–Crippen LogP) is 5.52. The summed E-state index contributed by atoms with van der Waals surface area (Å²) in [6.07, 6.45) is 9.72. The van der Waals surface area contributed by atoms with Crippen LogP contribution in [-0.2, 0) is 11.3 Å². The van der Waals surface area contributed by atoms with Gasteiger partial charge in [-0.15, -0.1) is 0 Å². The van der Waals surface area contributed by atoms with Gasteiger partial charge in [-0.05, 0) is 66.3 Å². The highest BCUT2D eigenvalue weighted by Crippen LogP contribution is 2.30. The zero-order chi connectivity index (χ0) is 20.6. The highest BCUT2D eigenvalue weighted by molar-refractivity contribution is 5.92. The van der Waals surface area contributed by atoms with Gasteiger partial charge < -0.3 is 4.90 Å². The molecule has 0 saturated heterocycles. The van der Waals surface area contributed by atoms with E-state index in [2.05, 4.69) is 41.9 Å². The molecule has 4 heteroatoms. The van der Waals surface area contributed by atoms with Gasteiger partial charge in [-0.25, -0.2) is 0 Å². The van der Waals surface area contributed by atoms with E-state index in [1.807, 2.05) is 29.4 Å². The van der Waals surface area contributed by atoms with Gasteiger partial charge in [-0.3, -0.25) is 14.7 Å². The van der Waals surface area contributed by atoms with Crippen molar-refractivity contribution in [1.29, 1.82) is 0 Å². The topological polar surface area (TPSA) is 36.4 Å². The first-order valence-electron chi connectivity index (χ1n) is 11.1. The standard InChI is InChI=1S/C25H35N3O/c1-20(2)18-27-15-7-5-4-6-8-16-28(21(3)29)25-10-9-23(17-24(25)19-27)22-11-13-26-14-12-22/h9-14,17,20H,4-8,15-16,18-19H2,1-3H3. The Balaban J connectivity index is 2.01. The van der Waals surface area contributed by atoms with Crippen molar-refractivity contribution in [3.05, 3.63) is 48.3 Å². The number of nitrogens with zero attached hydrogens (tertiary/aromatic N) is 3. The SMILES string of the molecule is CC(=O)N1CCCCCCCN(CC(C)C)Cc2cc(-c3ccncc3)ccc21. The third-order valence-corrected chi connectivity index (χ3v) is 5.64. The summed E-state index contributed by atoms with van der Waals surface area (Å²) < 4.78 is 0. The minimum atomic E-state index is 0.135. The number of carbonyl (C=O) groups is 1. The van der Waals surface area contributed by atoms with Gasteiger partial charge in [0.25, 0.3) is 0 Å². The van der Waals surface area contributed by atoms with Crippen LogP contribution >= 0.6 is 0 Å². The van der Waals surface area contributed by atoms with Crippen LogP contribution in [0.2, 0.25) is 0 Å². The van der Waals surface area contributed by atoms with Crippen molar-refractivity contribution < 1.29 is 4.79 Å². The molecule has 0 saturated carbocycles. The van der Waals surface area contributed by atoms with Gasteiger partial charge in [0.15, 0.2) is 0 Å². The molecule has 2 heterocycles. The number of amides is 1. The Morgan fingerprint density at radius 1 is 0.966 bits per heavy atom. The fourth-order valence-corrected chi connectivity index (χ4v) is 4.27. The molecule has 0 fully saturated rings. The van der Waals surface area contributed by atoms with Gasteiger partial charge in [0.05, 0.1) is 0 Å². The highest BCUT2D eigenvalue weighted by atomic mass is 16.2. The molecular formula is C25H35N3O. The van der Waals surface area contributed by atoms with E-state index in [9.17, 15) is 4.79 Å². The van der Waals surface area contributed by atoms with Crippen molar-refractivity contribution in [2.75, 3.05) is 24.5 Å². The Morgan fingerprint density at radius 3 is 2.34 bits per heavy atom. The van der Waals surface area contributed by atoms with Crippen molar-refractivity contribution >= 4 is 11.6 Å². The van der Waals surface area contributed by atoms with Crippen molar-refractivity contribution in [3.8, 4) is 11.1 Å². The second-order valence-electron chi connectivity index (χ2n) is 8.65. The first kappa shape index (κ1) is 21.5. The molecule has 1 amide bonds. The summed E-state index contributed by atoms with van der Waals surface area (Å²) in [5, 5.41) is 0. The lowest BCUT2D eigenvalue weighted by Gasteiger charge is -2.30. The monoisotopic (exact) mass is 393 g/mol. The molecular weight excluding hydrogens is 358 g/mol. The number of benzene rings is 1. The van der Waals surface area contributed by atoms with E-state index in [4.69, 9.17) is 0 Å². The minimum absolute atomic E-state index is 0.135. The Morgan fingerprint density at radius 2 is 1.66 bits per heavy atom. The molecule has 0 N–H and O–H groups in total.